The quantitative estimate of drug-likeness (QED) is 0.0909. The molecule has 0 aliphatic heterocycles. The van der Waals surface area contributed by atoms with Crippen LogP contribution < -0.4 is 5.73 Å². The lowest BCUT2D eigenvalue weighted by atomic mass is 9.87. The Kier molecular flexibility index (Phi) is 27.8. The van der Waals surface area contributed by atoms with Gasteiger partial charge in [-0.3, -0.25) is 0 Å². The molecule has 206 valence electrons. The van der Waals surface area contributed by atoms with Crippen molar-refractivity contribution >= 4 is 6.09 Å². The van der Waals surface area contributed by atoms with Gasteiger partial charge in [0.2, 0.25) is 0 Å². The molecule has 0 rings (SSSR count). The summed E-state index contributed by atoms with van der Waals surface area (Å²) in [5, 5.41) is 37.9. The summed E-state index contributed by atoms with van der Waals surface area (Å²) in [7, 11) is 0. The maximum Gasteiger partial charge on any atom is 0.402 e. The van der Waals surface area contributed by atoms with Gasteiger partial charge >= 0.3 is 6.09 Å². The zero-order valence-electron chi connectivity index (χ0n) is 22.6. The van der Waals surface area contributed by atoms with Gasteiger partial charge in [-0.25, -0.2) is 4.79 Å². The minimum atomic E-state index is -1.33. The van der Waals surface area contributed by atoms with Gasteiger partial charge in [-0.15, -0.1) is 0 Å². The number of carbonyl (C=O) groups is 1. The molecular formula is C28H59NO5. The standard InChI is InChI=1S/C27H56O3.CH3NO2/c1-3-5-7-9-11-13-15-17-19-21-23-26(29)27(30,25-28)24-22-20-18-16-14-12-10-8-6-4-2;2-1(3)4/h26,28-30H,3-25H2,1-2H3;2H2,(H,3,4). The molecular weight excluding hydrogens is 430 g/mol. The molecule has 6 heteroatoms. The van der Waals surface area contributed by atoms with Gasteiger partial charge in [-0.1, -0.05) is 142 Å². The molecule has 0 fully saturated rings. The fraction of sp³-hybridized carbons (Fsp3) is 0.964. The monoisotopic (exact) mass is 489 g/mol. The molecule has 0 aliphatic carbocycles. The number of amides is 1. The number of hydrogen-bond donors (Lipinski definition) is 5. The van der Waals surface area contributed by atoms with Gasteiger partial charge in [0.25, 0.3) is 0 Å². The molecule has 0 aromatic carbocycles. The molecule has 6 N–H and O–H groups in total. The number of unbranched alkanes of at least 4 members (excludes halogenated alkanes) is 18. The van der Waals surface area contributed by atoms with Crippen molar-refractivity contribution in [1.29, 1.82) is 0 Å². The van der Waals surface area contributed by atoms with Crippen LogP contribution in [0, 0.1) is 0 Å². The lowest BCUT2D eigenvalue weighted by Crippen LogP contribution is -2.45. The van der Waals surface area contributed by atoms with E-state index in [0.717, 1.165) is 25.7 Å². The second kappa shape index (κ2) is 26.7. The van der Waals surface area contributed by atoms with Crippen molar-refractivity contribution in [2.45, 2.75) is 167 Å². The van der Waals surface area contributed by atoms with E-state index in [0.29, 0.717) is 12.8 Å². The highest BCUT2D eigenvalue weighted by molar-refractivity contribution is 5.61. The number of carboxylic acid groups (broad SMARTS) is 1. The van der Waals surface area contributed by atoms with Crippen molar-refractivity contribution in [2.24, 2.45) is 5.73 Å². The minimum absolute atomic E-state index is 0.330. The first kappa shape index (κ1) is 35.3. The third kappa shape index (κ3) is 25.8. The zero-order chi connectivity index (χ0) is 25.9. The highest BCUT2D eigenvalue weighted by atomic mass is 16.4. The van der Waals surface area contributed by atoms with E-state index >= 15 is 0 Å². The van der Waals surface area contributed by atoms with Crippen LogP contribution in [0.1, 0.15) is 155 Å². The first-order valence-electron chi connectivity index (χ1n) is 14.3. The van der Waals surface area contributed by atoms with Crippen LogP contribution in [0.2, 0.25) is 0 Å². The predicted octanol–water partition coefficient (Wildman–Crippen LogP) is 7.32. The normalized spacial score (nSPS) is 13.7. The van der Waals surface area contributed by atoms with Crippen molar-refractivity contribution in [1.82, 2.24) is 0 Å². The molecule has 0 aliphatic rings. The van der Waals surface area contributed by atoms with Crippen molar-refractivity contribution in [3.63, 3.8) is 0 Å². The molecule has 2 atom stereocenters. The third-order valence-corrected chi connectivity index (χ3v) is 6.69. The fourth-order valence-electron chi connectivity index (χ4n) is 4.36. The van der Waals surface area contributed by atoms with E-state index in [-0.39, 0.29) is 6.61 Å². The zero-order valence-corrected chi connectivity index (χ0v) is 22.6. The lowest BCUT2D eigenvalue weighted by molar-refractivity contribution is -0.114. The summed E-state index contributed by atoms with van der Waals surface area (Å²) in [6.45, 7) is 4.18. The second-order valence-electron chi connectivity index (χ2n) is 10.0. The largest absolute Gasteiger partial charge is 0.465 e. The molecule has 0 saturated heterocycles. The molecule has 0 bridgehead atoms. The SMILES string of the molecule is CCCCCCCCCCCCC(O)C(O)(CO)CCCCCCCCCCCC.NC(=O)O. The predicted molar refractivity (Wildman–Crippen MR) is 143 cm³/mol. The Morgan fingerprint density at radius 1 is 0.676 bits per heavy atom. The molecule has 0 aromatic rings. The molecule has 0 spiro atoms. The maximum absolute atomic E-state index is 10.7. The van der Waals surface area contributed by atoms with Crippen LogP contribution in [-0.4, -0.2) is 44.8 Å². The fourth-order valence-corrected chi connectivity index (χ4v) is 4.36. The van der Waals surface area contributed by atoms with Crippen LogP contribution in [0.25, 0.3) is 0 Å². The maximum atomic E-state index is 10.7. The highest BCUT2D eigenvalue weighted by Gasteiger charge is 2.33. The van der Waals surface area contributed by atoms with Gasteiger partial charge in [-0.05, 0) is 12.8 Å². The number of nitrogens with two attached hydrogens (primary N) is 1. The van der Waals surface area contributed by atoms with Crippen LogP contribution in [0.5, 0.6) is 0 Å². The van der Waals surface area contributed by atoms with Crippen molar-refractivity contribution in [2.75, 3.05) is 6.61 Å². The topological polar surface area (TPSA) is 124 Å². The van der Waals surface area contributed by atoms with E-state index in [2.05, 4.69) is 19.6 Å². The summed E-state index contributed by atoms with van der Waals surface area (Å²) in [5.41, 5.74) is 2.72. The van der Waals surface area contributed by atoms with E-state index in [1.54, 1.807) is 0 Å². The highest BCUT2D eigenvalue weighted by Crippen LogP contribution is 2.24. The number of rotatable bonds is 24. The number of aliphatic hydroxyl groups excluding tert-OH is 2. The Morgan fingerprint density at radius 3 is 1.29 bits per heavy atom. The Balaban J connectivity index is 0. The summed E-state index contributed by atoms with van der Waals surface area (Å²) >= 11 is 0. The van der Waals surface area contributed by atoms with Gasteiger partial charge < -0.3 is 26.2 Å². The Labute approximate surface area is 210 Å². The lowest BCUT2D eigenvalue weighted by Gasteiger charge is -2.31. The summed E-state index contributed by atoms with van der Waals surface area (Å²) < 4.78 is 0. The van der Waals surface area contributed by atoms with Gasteiger partial charge in [-0.2, -0.15) is 0 Å². The smallest absolute Gasteiger partial charge is 0.402 e. The molecule has 6 nitrogen and oxygen atoms in total. The van der Waals surface area contributed by atoms with Crippen molar-refractivity contribution in [3.05, 3.63) is 0 Å². The van der Waals surface area contributed by atoms with Crippen LogP contribution in [-0.2, 0) is 0 Å². The van der Waals surface area contributed by atoms with Crippen LogP contribution >= 0.6 is 0 Å². The van der Waals surface area contributed by atoms with E-state index in [1.165, 1.54) is 103 Å². The van der Waals surface area contributed by atoms with Gasteiger partial charge in [0, 0.05) is 0 Å². The average Bonchev–Trinajstić information content (AvgIpc) is 2.80. The molecule has 0 heterocycles. The second-order valence-corrected chi connectivity index (χ2v) is 10.0. The molecule has 1 amide bonds. The molecule has 2 unspecified atom stereocenters. The summed E-state index contributed by atoms with van der Waals surface area (Å²) in [5.74, 6) is 0. The number of aliphatic hydroxyl groups is 3. The average molecular weight is 490 g/mol. The summed E-state index contributed by atoms with van der Waals surface area (Å²) in [6.07, 6.45) is 24.2. The number of hydrogen-bond acceptors (Lipinski definition) is 4. The molecule has 0 saturated carbocycles. The summed E-state index contributed by atoms with van der Waals surface area (Å²) in [6, 6.07) is 0. The Bertz CT molecular complexity index is 418. The van der Waals surface area contributed by atoms with Crippen molar-refractivity contribution < 1.29 is 25.2 Å². The van der Waals surface area contributed by atoms with Gasteiger partial charge in [0.15, 0.2) is 0 Å². The summed E-state index contributed by atoms with van der Waals surface area (Å²) in [4.78, 5) is 8.78. The van der Waals surface area contributed by atoms with Crippen LogP contribution in [0.3, 0.4) is 0 Å². The van der Waals surface area contributed by atoms with Crippen LogP contribution in [0.4, 0.5) is 4.79 Å². The van der Waals surface area contributed by atoms with E-state index in [9.17, 15) is 15.3 Å². The van der Waals surface area contributed by atoms with E-state index in [4.69, 9.17) is 9.90 Å². The Hall–Kier alpha value is -0.850. The molecule has 0 radical (unpaired) electrons. The number of primary amides is 1. The first-order valence-corrected chi connectivity index (χ1v) is 14.3. The van der Waals surface area contributed by atoms with E-state index < -0.39 is 17.8 Å². The van der Waals surface area contributed by atoms with Gasteiger partial charge in [0.05, 0.1) is 12.7 Å². The molecule has 34 heavy (non-hydrogen) atoms. The third-order valence-electron chi connectivity index (χ3n) is 6.69. The Morgan fingerprint density at radius 2 is 0.971 bits per heavy atom. The van der Waals surface area contributed by atoms with Gasteiger partial charge in [0.1, 0.15) is 5.60 Å². The van der Waals surface area contributed by atoms with E-state index in [1.807, 2.05) is 0 Å². The van der Waals surface area contributed by atoms with Crippen molar-refractivity contribution in [3.8, 4) is 0 Å². The van der Waals surface area contributed by atoms with Crippen LogP contribution in [0.15, 0.2) is 0 Å². The molecule has 0 aromatic heterocycles. The first-order chi connectivity index (χ1) is 16.3. The minimum Gasteiger partial charge on any atom is -0.465 e.